The Labute approximate surface area is 201 Å². The number of aryl methyl sites for hydroxylation is 1. The standard InChI is InChI=1S/C28H36N2O4/c1-3-5-7-15-9-11-16(12-10-15)18-14-20(30)22-24(26(18)32)28(34)21-19(29)13-17(8-6-4-2)25(31)23(21)27(22)33/h13-16,31-32H,3-12,29-30H2,1-2H3. The van der Waals surface area contributed by atoms with E-state index in [2.05, 4.69) is 6.92 Å². The van der Waals surface area contributed by atoms with E-state index >= 15 is 0 Å². The van der Waals surface area contributed by atoms with E-state index < -0.39 is 11.6 Å². The molecule has 2 aromatic rings. The van der Waals surface area contributed by atoms with E-state index in [0.29, 0.717) is 23.5 Å². The van der Waals surface area contributed by atoms with Crippen LogP contribution in [-0.2, 0) is 6.42 Å². The summed E-state index contributed by atoms with van der Waals surface area (Å²) in [5, 5.41) is 22.1. The molecule has 4 rings (SSSR count). The van der Waals surface area contributed by atoms with Crippen LogP contribution in [0.2, 0.25) is 0 Å². The molecule has 6 N–H and O–H groups in total. The minimum absolute atomic E-state index is 0.0299. The summed E-state index contributed by atoms with van der Waals surface area (Å²) in [4.78, 5) is 27.1. The number of nitrogen functional groups attached to an aromatic ring is 2. The first-order chi connectivity index (χ1) is 16.3. The second-order valence-corrected chi connectivity index (χ2v) is 10.00. The van der Waals surface area contributed by atoms with Gasteiger partial charge >= 0.3 is 0 Å². The molecule has 2 aliphatic rings. The van der Waals surface area contributed by atoms with Gasteiger partial charge in [0.25, 0.3) is 0 Å². The molecule has 0 unspecified atom stereocenters. The largest absolute Gasteiger partial charge is 0.507 e. The number of unbranched alkanes of at least 4 members (excludes halogenated alkanes) is 2. The molecule has 0 bridgehead atoms. The highest BCUT2D eigenvalue weighted by Crippen LogP contribution is 2.48. The summed E-state index contributed by atoms with van der Waals surface area (Å²) in [7, 11) is 0. The maximum atomic E-state index is 13.6. The van der Waals surface area contributed by atoms with E-state index in [4.69, 9.17) is 11.5 Å². The van der Waals surface area contributed by atoms with Crippen molar-refractivity contribution in [3.8, 4) is 11.5 Å². The summed E-state index contributed by atoms with van der Waals surface area (Å²) in [5.74, 6) is -0.698. The average Bonchev–Trinajstić information content (AvgIpc) is 2.82. The molecule has 182 valence electrons. The van der Waals surface area contributed by atoms with E-state index in [-0.39, 0.29) is 51.0 Å². The number of carbonyl (C=O) groups is 2. The second kappa shape index (κ2) is 9.69. The molecule has 2 aromatic carbocycles. The molecule has 34 heavy (non-hydrogen) atoms. The monoisotopic (exact) mass is 464 g/mol. The molecule has 6 nitrogen and oxygen atoms in total. The van der Waals surface area contributed by atoms with Gasteiger partial charge in [0, 0.05) is 11.4 Å². The fourth-order valence-corrected chi connectivity index (χ4v) is 5.77. The minimum atomic E-state index is -0.560. The Kier molecular flexibility index (Phi) is 6.87. The van der Waals surface area contributed by atoms with E-state index in [1.54, 1.807) is 12.1 Å². The molecule has 0 aliphatic heterocycles. The first-order valence-electron chi connectivity index (χ1n) is 12.7. The highest BCUT2D eigenvalue weighted by molar-refractivity contribution is 6.33. The second-order valence-electron chi connectivity index (χ2n) is 10.00. The molecule has 0 heterocycles. The lowest BCUT2D eigenvalue weighted by atomic mass is 9.74. The summed E-state index contributed by atoms with van der Waals surface area (Å²) in [6.07, 6.45) is 9.94. The van der Waals surface area contributed by atoms with Crippen molar-refractivity contribution in [3.05, 3.63) is 45.5 Å². The van der Waals surface area contributed by atoms with Crippen LogP contribution in [-0.4, -0.2) is 21.8 Å². The Morgan fingerprint density at radius 3 is 1.94 bits per heavy atom. The van der Waals surface area contributed by atoms with E-state index in [9.17, 15) is 19.8 Å². The number of rotatable bonds is 7. The summed E-state index contributed by atoms with van der Waals surface area (Å²) < 4.78 is 0. The smallest absolute Gasteiger partial charge is 0.200 e. The maximum Gasteiger partial charge on any atom is 0.200 e. The van der Waals surface area contributed by atoms with Gasteiger partial charge in [-0.3, -0.25) is 9.59 Å². The molecule has 0 spiro atoms. The first kappa shape index (κ1) is 24.1. The number of anilines is 2. The van der Waals surface area contributed by atoms with E-state index in [1.807, 2.05) is 6.92 Å². The van der Waals surface area contributed by atoms with E-state index in [1.165, 1.54) is 19.3 Å². The van der Waals surface area contributed by atoms with Crippen LogP contribution in [0.1, 0.15) is 121 Å². The number of ketones is 2. The molecule has 6 heteroatoms. The predicted octanol–water partition coefficient (Wildman–Crippen LogP) is 5.84. The number of phenols is 2. The van der Waals surface area contributed by atoms with Gasteiger partial charge in [0.2, 0.25) is 11.6 Å². The van der Waals surface area contributed by atoms with Crippen LogP contribution in [0.3, 0.4) is 0 Å². The van der Waals surface area contributed by atoms with Crippen molar-refractivity contribution in [2.45, 2.75) is 84.0 Å². The third kappa shape index (κ3) is 4.04. The Bertz CT molecular complexity index is 1130. The highest BCUT2D eigenvalue weighted by atomic mass is 16.3. The lowest BCUT2D eigenvalue weighted by Gasteiger charge is -2.31. The van der Waals surface area contributed by atoms with Crippen molar-refractivity contribution in [2.24, 2.45) is 5.92 Å². The molecule has 0 radical (unpaired) electrons. The van der Waals surface area contributed by atoms with Gasteiger partial charge in [0.15, 0.2) is 0 Å². The SMILES string of the molecule is CCCCc1cc(N)c2c(c1O)C(=O)c1c(N)cc(C3CCC(CCCC)CC3)c(O)c1C2=O. The Balaban J connectivity index is 1.74. The highest BCUT2D eigenvalue weighted by Gasteiger charge is 2.40. The Morgan fingerprint density at radius 2 is 1.35 bits per heavy atom. The number of nitrogens with two attached hydrogens (primary N) is 2. The summed E-state index contributed by atoms with van der Waals surface area (Å²) in [5.41, 5.74) is 13.8. The third-order valence-corrected chi connectivity index (χ3v) is 7.73. The predicted molar refractivity (Wildman–Crippen MR) is 135 cm³/mol. The number of fused-ring (bicyclic) bond motifs is 2. The maximum absolute atomic E-state index is 13.6. The van der Waals surface area contributed by atoms with Crippen molar-refractivity contribution < 1.29 is 19.8 Å². The molecular formula is C28H36N2O4. The van der Waals surface area contributed by atoms with Crippen molar-refractivity contribution in [1.29, 1.82) is 0 Å². The fraction of sp³-hybridized carbons (Fsp3) is 0.500. The summed E-state index contributed by atoms with van der Waals surface area (Å²) in [6.45, 7) is 4.23. The van der Waals surface area contributed by atoms with Gasteiger partial charge in [-0.1, -0.05) is 39.5 Å². The van der Waals surface area contributed by atoms with Gasteiger partial charge in [-0.15, -0.1) is 0 Å². The molecular weight excluding hydrogens is 428 g/mol. The zero-order chi connectivity index (χ0) is 24.6. The molecule has 1 saturated carbocycles. The number of aromatic hydroxyl groups is 2. The van der Waals surface area contributed by atoms with E-state index in [0.717, 1.165) is 38.5 Å². The van der Waals surface area contributed by atoms with Crippen LogP contribution < -0.4 is 11.5 Å². The number of benzene rings is 2. The van der Waals surface area contributed by atoms with Gasteiger partial charge in [-0.25, -0.2) is 0 Å². The van der Waals surface area contributed by atoms with Crippen molar-refractivity contribution >= 4 is 22.9 Å². The number of phenolic OH excluding ortho intramolecular Hbond substituents is 2. The van der Waals surface area contributed by atoms with Crippen LogP contribution in [0, 0.1) is 5.92 Å². The average molecular weight is 465 g/mol. The van der Waals surface area contributed by atoms with Gasteiger partial charge in [-0.05, 0) is 73.6 Å². The molecule has 0 saturated heterocycles. The molecule has 0 amide bonds. The van der Waals surface area contributed by atoms with Crippen molar-refractivity contribution in [3.63, 3.8) is 0 Å². The normalized spacial score (nSPS) is 19.7. The summed E-state index contributed by atoms with van der Waals surface area (Å²) >= 11 is 0. The number of hydrogen-bond donors (Lipinski definition) is 4. The summed E-state index contributed by atoms with van der Waals surface area (Å²) in [6, 6.07) is 3.23. The lowest BCUT2D eigenvalue weighted by Crippen LogP contribution is -2.25. The third-order valence-electron chi connectivity index (χ3n) is 7.73. The van der Waals surface area contributed by atoms with Crippen LogP contribution in [0.15, 0.2) is 12.1 Å². The fourth-order valence-electron chi connectivity index (χ4n) is 5.77. The minimum Gasteiger partial charge on any atom is -0.507 e. The number of carbonyl (C=O) groups excluding carboxylic acids is 2. The quantitative estimate of drug-likeness (QED) is 0.257. The molecule has 0 aromatic heterocycles. The van der Waals surface area contributed by atoms with Crippen LogP contribution in [0.25, 0.3) is 0 Å². The van der Waals surface area contributed by atoms with Crippen LogP contribution >= 0.6 is 0 Å². The molecule has 1 fully saturated rings. The van der Waals surface area contributed by atoms with Gasteiger partial charge < -0.3 is 21.7 Å². The Morgan fingerprint density at radius 1 is 0.794 bits per heavy atom. The zero-order valence-electron chi connectivity index (χ0n) is 20.2. The molecule has 0 atom stereocenters. The van der Waals surface area contributed by atoms with Crippen LogP contribution in [0.4, 0.5) is 11.4 Å². The van der Waals surface area contributed by atoms with Gasteiger partial charge in [0.05, 0.1) is 22.3 Å². The number of hydrogen-bond acceptors (Lipinski definition) is 6. The molecule has 2 aliphatic carbocycles. The van der Waals surface area contributed by atoms with Crippen molar-refractivity contribution in [1.82, 2.24) is 0 Å². The van der Waals surface area contributed by atoms with Crippen molar-refractivity contribution in [2.75, 3.05) is 11.5 Å². The first-order valence-corrected chi connectivity index (χ1v) is 12.7. The Hall–Kier alpha value is -3.02. The zero-order valence-corrected chi connectivity index (χ0v) is 20.2. The van der Waals surface area contributed by atoms with Crippen LogP contribution in [0.5, 0.6) is 11.5 Å². The lowest BCUT2D eigenvalue weighted by molar-refractivity contribution is 0.0975. The van der Waals surface area contributed by atoms with Gasteiger partial charge in [-0.2, -0.15) is 0 Å². The topological polar surface area (TPSA) is 127 Å². The van der Waals surface area contributed by atoms with Gasteiger partial charge in [0.1, 0.15) is 11.5 Å².